The molecular weight excluding hydrogens is 326 g/mol. The zero-order chi connectivity index (χ0) is 18.8. The molecule has 0 radical (unpaired) electrons. The van der Waals surface area contributed by atoms with E-state index in [1.807, 2.05) is 43.3 Å². The first-order valence-electron chi connectivity index (χ1n) is 9.10. The van der Waals surface area contributed by atoms with Gasteiger partial charge in [-0.1, -0.05) is 44.2 Å². The lowest BCUT2D eigenvalue weighted by atomic mass is 10.0. The van der Waals surface area contributed by atoms with Gasteiger partial charge in [0, 0.05) is 11.7 Å². The zero-order valence-corrected chi connectivity index (χ0v) is 15.7. The highest BCUT2D eigenvalue weighted by Crippen LogP contribution is 2.32. The molecule has 0 aliphatic carbocycles. The van der Waals surface area contributed by atoms with Crippen LogP contribution in [0.15, 0.2) is 48.5 Å². The number of nitrogens with zero attached hydrogens (tertiary/aromatic N) is 1. The van der Waals surface area contributed by atoms with Gasteiger partial charge in [-0.3, -0.25) is 4.79 Å². The van der Waals surface area contributed by atoms with E-state index in [2.05, 4.69) is 13.8 Å². The lowest BCUT2D eigenvalue weighted by Crippen LogP contribution is -2.43. The third kappa shape index (κ3) is 3.50. The highest BCUT2D eigenvalue weighted by Gasteiger charge is 2.34. The molecular formula is C22H25NO3. The summed E-state index contributed by atoms with van der Waals surface area (Å²) in [5, 5.41) is 0. The summed E-state index contributed by atoms with van der Waals surface area (Å²) in [7, 11) is 0. The number of ether oxygens (including phenoxy) is 1. The van der Waals surface area contributed by atoms with Crippen molar-refractivity contribution < 1.29 is 14.3 Å². The van der Waals surface area contributed by atoms with Gasteiger partial charge in [-0.2, -0.15) is 0 Å². The number of carbonyl (C=O) groups excluding carboxylic acids is 2. The highest BCUT2D eigenvalue weighted by molar-refractivity contribution is 6.00. The van der Waals surface area contributed by atoms with Gasteiger partial charge < -0.3 is 9.64 Å². The molecule has 1 amide bonds. The minimum atomic E-state index is -0.833. The Hall–Kier alpha value is -2.62. The van der Waals surface area contributed by atoms with Crippen LogP contribution in [0.1, 0.15) is 55.1 Å². The number of fused-ring (bicyclic) bond motifs is 1. The molecule has 1 heterocycles. The van der Waals surface area contributed by atoms with Gasteiger partial charge in [0.1, 0.15) is 0 Å². The first-order chi connectivity index (χ1) is 12.4. The molecule has 0 bridgehead atoms. The third-order valence-corrected chi connectivity index (χ3v) is 4.89. The molecule has 4 heteroatoms. The molecule has 0 unspecified atom stereocenters. The number of esters is 1. The minimum absolute atomic E-state index is 0.0615. The van der Waals surface area contributed by atoms with Crippen molar-refractivity contribution in [2.75, 3.05) is 4.90 Å². The smallest absolute Gasteiger partial charge is 0.338 e. The summed E-state index contributed by atoms with van der Waals surface area (Å²) in [5.41, 5.74) is 3.68. The van der Waals surface area contributed by atoms with Crippen LogP contribution in [0.2, 0.25) is 0 Å². The fourth-order valence-electron chi connectivity index (χ4n) is 3.38. The molecule has 0 saturated carbocycles. The Bertz CT molecular complexity index is 810. The van der Waals surface area contributed by atoms with Crippen LogP contribution in [-0.2, 0) is 16.0 Å². The van der Waals surface area contributed by atoms with E-state index in [0.717, 1.165) is 23.2 Å². The topological polar surface area (TPSA) is 46.6 Å². The van der Waals surface area contributed by atoms with Crippen molar-refractivity contribution in [3.05, 3.63) is 65.2 Å². The van der Waals surface area contributed by atoms with Gasteiger partial charge >= 0.3 is 5.97 Å². The maximum atomic E-state index is 12.9. The predicted octanol–water partition coefficient (Wildman–Crippen LogP) is 4.33. The number of anilines is 1. The van der Waals surface area contributed by atoms with Crippen molar-refractivity contribution in [3.63, 3.8) is 0 Å². The van der Waals surface area contributed by atoms with Crippen molar-refractivity contribution in [2.45, 2.75) is 52.2 Å². The van der Waals surface area contributed by atoms with Gasteiger partial charge in [0.2, 0.25) is 0 Å². The van der Waals surface area contributed by atoms with Gasteiger partial charge in [-0.15, -0.1) is 0 Å². The van der Waals surface area contributed by atoms with E-state index < -0.39 is 12.1 Å². The van der Waals surface area contributed by atoms with Crippen molar-refractivity contribution >= 4 is 17.6 Å². The van der Waals surface area contributed by atoms with Gasteiger partial charge in [-0.25, -0.2) is 4.79 Å². The summed E-state index contributed by atoms with van der Waals surface area (Å²) in [4.78, 5) is 27.0. The summed E-state index contributed by atoms with van der Waals surface area (Å²) in [5.74, 6) is -0.256. The predicted molar refractivity (Wildman–Crippen MR) is 103 cm³/mol. The number of para-hydroxylation sites is 1. The molecule has 3 rings (SSSR count). The molecule has 4 nitrogen and oxygen atoms in total. The average Bonchev–Trinajstić information content (AvgIpc) is 2.96. The van der Waals surface area contributed by atoms with E-state index >= 15 is 0 Å². The molecule has 1 aliphatic rings. The molecule has 2 aromatic carbocycles. The van der Waals surface area contributed by atoms with E-state index in [0.29, 0.717) is 11.5 Å². The number of amides is 1. The quantitative estimate of drug-likeness (QED) is 0.770. The number of hydrogen-bond donors (Lipinski definition) is 0. The molecule has 0 N–H and O–H groups in total. The Kier molecular flexibility index (Phi) is 5.12. The molecule has 0 aromatic heterocycles. The van der Waals surface area contributed by atoms with Crippen molar-refractivity contribution in [3.8, 4) is 0 Å². The standard InChI is InChI=1S/C22H25NO3/c1-14(2)17-9-11-18(12-10-17)22(25)26-16(4)21(24)23-15(3)13-19-7-5-6-8-20(19)23/h5-12,14-16H,13H2,1-4H3/t15-,16+/m0/s1. The molecule has 0 fully saturated rings. The molecule has 1 aliphatic heterocycles. The Labute approximate surface area is 154 Å². The van der Waals surface area contributed by atoms with Crippen LogP contribution in [0.3, 0.4) is 0 Å². The molecule has 136 valence electrons. The van der Waals surface area contributed by atoms with Crippen LogP contribution < -0.4 is 4.90 Å². The summed E-state index contributed by atoms with van der Waals surface area (Å²) in [6.45, 7) is 7.85. The van der Waals surface area contributed by atoms with Crippen LogP contribution in [0.25, 0.3) is 0 Å². The van der Waals surface area contributed by atoms with Crippen LogP contribution in [0.5, 0.6) is 0 Å². The van der Waals surface area contributed by atoms with Gasteiger partial charge in [-0.05, 0) is 55.5 Å². The number of benzene rings is 2. The Morgan fingerprint density at radius 2 is 1.69 bits per heavy atom. The molecule has 26 heavy (non-hydrogen) atoms. The molecule has 0 saturated heterocycles. The van der Waals surface area contributed by atoms with Gasteiger partial charge in [0.05, 0.1) is 5.56 Å². The van der Waals surface area contributed by atoms with Crippen molar-refractivity contribution in [1.82, 2.24) is 0 Å². The lowest BCUT2D eigenvalue weighted by Gasteiger charge is -2.26. The van der Waals surface area contributed by atoms with Gasteiger partial charge in [0.15, 0.2) is 6.10 Å². The zero-order valence-electron chi connectivity index (χ0n) is 15.7. The molecule has 2 aromatic rings. The van der Waals surface area contributed by atoms with E-state index in [1.165, 1.54) is 0 Å². The minimum Gasteiger partial charge on any atom is -0.449 e. The first-order valence-corrected chi connectivity index (χ1v) is 9.10. The summed E-state index contributed by atoms with van der Waals surface area (Å²) < 4.78 is 5.44. The second-order valence-electron chi connectivity index (χ2n) is 7.21. The van der Waals surface area contributed by atoms with Crippen LogP contribution in [-0.4, -0.2) is 24.0 Å². The lowest BCUT2D eigenvalue weighted by molar-refractivity contribution is -0.126. The van der Waals surface area contributed by atoms with Crippen LogP contribution >= 0.6 is 0 Å². The SMILES string of the molecule is CC(C)c1ccc(C(=O)O[C@H](C)C(=O)N2c3ccccc3C[C@@H]2C)cc1. The monoisotopic (exact) mass is 351 g/mol. The molecule has 2 atom stereocenters. The maximum absolute atomic E-state index is 12.9. The highest BCUT2D eigenvalue weighted by atomic mass is 16.5. The third-order valence-electron chi connectivity index (χ3n) is 4.89. The number of rotatable bonds is 4. The van der Waals surface area contributed by atoms with Crippen molar-refractivity contribution in [2.24, 2.45) is 0 Å². The summed E-state index contributed by atoms with van der Waals surface area (Å²) >= 11 is 0. The Balaban J connectivity index is 1.70. The Morgan fingerprint density at radius 1 is 1.04 bits per heavy atom. The van der Waals surface area contributed by atoms with E-state index in [9.17, 15) is 9.59 Å². The average molecular weight is 351 g/mol. The van der Waals surface area contributed by atoms with Crippen LogP contribution in [0, 0.1) is 0 Å². The fourth-order valence-corrected chi connectivity index (χ4v) is 3.38. The number of hydrogen-bond acceptors (Lipinski definition) is 3. The largest absolute Gasteiger partial charge is 0.449 e. The molecule has 0 spiro atoms. The summed E-state index contributed by atoms with van der Waals surface area (Å²) in [6, 6.07) is 15.3. The van der Waals surface area contributed by atoms with E-state index in [4.69, 9.17) is 4.74 Å². The Morgan fingerprint density at radius 3 is 2.35 bits per heavy atom. The van der Waals surface area contributed by atoms with Crippen LogP contribution in [0.4, 0.5) is 5.69 Å². The van der Waals surface area contributed by atoms with Gasteiger partial charge in [0.25, 0.3) is 5.91 Å². The second-order valence-corrected chi connectivity index (χ2v) is 7.21. The number of carbonyl (C=O) groups is 2. The normalized spacial score (nSPS) is 17.1. The fraction of sp³-hybridized carbons (Fsp3) is 0.364. The first kappa shape index (κ1) is 18.2. The van der Waals surface area contributed by atoms with Crippen molar-refractivity contribution in [1.29, 1.82) is 0 Å². The van der Waals surface area contributed by atoms with E-state index in [-0.39, 0.29) is 11.9 Å². The maximum Gasteiger partial charge on any atom is 0.338 e. The second kappa shape index (κ2) is 7.32. The summed E-state index contributed by atoms with van der Waals surface area (Å²) in [6.07, 6.45) is -0.0138. The van der Waals surface area contributed by atoms with E-state index in [1.54, 1.807) is 24.0 Å².